The number of carbonyl (C=O) groups is 2. The van der Waals surface area contributed by atoms with Gasteiger partial charge in [-0.25, -0.2) is 0 Å². The van der Waals surface area contributed by atoms with Gasteiger partial charge in [-0.2, -0.15) is 0 Å². The quantitative estimate of drug-likeness (QED) is 0.260. The van der Waals surface area contributed by atoms with Crippen molar-refractivity contribution in [1.82, 2.24) is 0 Å². The van der Waals surface area contributed by atoms with Crippen molar-refractivity contribution in [2.24, 2.45) is 10.9 Å². The van der Waals surface area contributed by atoms with E-state index in [1.807, 2.05) is 66.9 Å². The number of para-hydroxylation sites is 1. The number of carbonyl (C=O) groups excluding carboxylic acids is 2. The van der Waals surface area contributed by atoms with E-state index in [0.29, 0.717) is 34.9 Å². The fourth-order valence-corrected chi connectivity index (χ4v) is 6.09. The van der Waals surface area contributed by atoms with Gasteiger partial charge in [0.05, 0.1) is 0 Å². The van der Waals surface area contributed by atoms with Crippen LogP contribution in [-0.4, -0.2) is 30.7 Å². The lowest BCUT2D eigenvalue weighted by atomic mass is 9.70. The van der Waals surface area contributed by atoms with Gasteiger partial charge in [0.25, 0.3) is 0 Å². The zero-order valence-corrected chi connectivity index (χ0v) is 21.4. The summed E-state index contributed by atoms with van der Waals surface area (Å²) in [6.07, 6.45) is 1.07. The summed E-state index contributed by atoms with van der Waals surface area (Å²) in [7, 11) is 0. The molecule has 36 heavy (non-hydrogen) atoms. The van der Waals surface area contributed by atoms with E-state index in [4.69, 9.17) is 26.1 Å². The number of hydrogen-bond acceptors (Lipinski definition) is 6. The smallest absolute Gasteiger partial charge is 0.315 e. The molecule has 3 unspecified atom stereocenters. The lowest BCUT2D eigenvalue weighted by Gasteiger charge is -2.36. The average molecular weight is 520 g/mol. The van der Waals surface area contributed by atoms with Gasteiger partial charge in [-0.3, -0.25) is 14.6 Å². The Kier molecular flexibility index (Phi) is 7.35. The number of ketones is 1. The Bertz CT molecular complexity index is 1320. The predicted molar refractivity (Wildman–Crippen MR) is 142 cm³/mol. The SMILES string of the molecule is CC1=NC2=C(C(=O)CC(c3cccs3)C2)C(c2cccc(Cl)c2)C1C(=O)OCCOc1ccccc1. The number of nitrogens with zero attached hydrogens (tertiary/aromatic N) is 1. The number of thiophene rings is 1. The highest BCUT2D eigenvalue weighted by Crippen LogP contribution is 2.47. The van der Waals surface area contributed by atoms with E-state index in [-0.39, 0.29) is 24.9 Å². The minimum Gasteiger partial charge on any atom is -0.490 e. The topological polar surface area (TPSA) is 65.0 Å². The minimum atomic E-state index is -0.707. The predicted octanol–water partition coefficient (Wildman–Crippen LogP) is 6.60. The van der Waals surface area contributed by atoms with Crippen LogP contribution in [0, 0.1) is 5.92 Å². The second kappa shape index (κ2) is 10.8. The van der Waals surface area contributed by atoms with Crippen LogP contribution in [0.2, 0.25) is 5.02 Å². The number of allylic oxidation sites excluding steroid dienone is 2. The Labute approximate surface area is 219 Å². The molecule has 0 saturated carbocycles. The van der Waals surface area contributed by atoms with Crippen molar-refractivity contribution in [2.75, 3.05) is 13.2 Å². The molecule has 7 heteroatoms. The molecule has 5 nitrogen and oxygen atoms in total. The zero-order chi connectivity index (χ0) is 25.1. The number of Topliss-reactive ketones (excluding diaryl/α,β-unsaturated/α-hetero) is 1. The Morgan fingerprint density at radius 2 is 1.89 bits per heavy atom. The summed E-state index contributed by atoms with van der Waals surface area (Å²) in [4.78, 5) is 33.0. The van der Waals surface area contributed by atoms with Gasteiger partial charge in [-0.05, 0) is 54.6 Å². The molecule has 2 heterocycles. The molecule has 0 bridgehead atoms. The number of benzene rings is 2. The summed E-state index contributed by atoms with van der Waals surface area (Å²) < 4.78 is 11.3. The third-order valence-electron chi connectivity index (χ3n) is 6.64. The maximum Gasteiger partial charge on any atom is 0.315 e. The highest BCUT2D eigenvalue weighted by molar-refractivity contribution is 7.10. The number of halogens is 1. The lowest BCUT2D eigenvalue weighted by Crippen LogP contribution is -2.38. The van der Waals surface area contributed by atoms with E-state index in [1.54, 1.807) is 17.4 Å². The van der Waals surface area contributed by atoms with Crippen LogP contribution in [0.3, 0.4) is 0 Å². The highest BCUT2D eigenvalue weighted by atomic mass is 35.5. The van der Waals surface area contributed by atoms with Crippen LogP contribution in [0.25, 0.3) is 0 Å². The van der Waals surface area contributed by atoms with Gasteiger partial charge in [0.15, 0.2) is 5.78 Å². The summed E-state index contributed by atoms with van der Waals surface area (Å²) in [6, 6.07) is 20.8. The van der Waals surface area contributed by atoms with Crippen molar-refractivity contribution in [3.63, 3.8) is 0 Å². The number of ether oxygens (including phenoxy) is 2. The first-order valence-corrected chi connectivity index (χ1v) is 13.2. The fraction of sp³-hybridized carbons (Fsp3) is 0.276. The van der Waals surface area contributed by atoms with Crippen molar-refractivity contribution in [2.45, 2.75) is 31.6 Å². The molecular weight excluding hydrogens is 494 g/mol. The highest BCUT2D eigenvalue weighted by Gasteiger charge is 2.44. The molecule has 0 radical (unpaired) electrons. The minimum absolute atomic E-state index is 0.0288. The average Bonchev–Trinajstić information content (AvgIpc) is 3.41. The first kappa shape index (κ1) is 24.5. The molecule has 0 fully saturated rings. The third kappa shape index (κ3) is 5.15. The van der Waals surface area contributed by atoms with Gasteiger partial charge >= 0.3 is 5.97 Å². The first-order valence-electron chi connectivity index (χ1n) is 12.0. The molecule has 3 aromatic rings. The van der Waals surface area contributed by atoms with Crippen molar-refractivity contribution >= 4 is 40.4 Å². The van der Waals surface area contributed by atoms with E-state index >= 15 is 0 Å². The molecule has 0 saturated heterocycles. The van der Waals surface area contributed by atoms with E-state index in [1.165, 1.54) is 4.88 Å². The van der Waals surface area contributed by atoms with Crippen LogP contribution < -0.4 is 4.74 Å². The van der Waals surface area contributed by atoms with Crippen LogP contribution in [0.15, 0.2) is 88.4 Å². The summed E-state index contributed by atoms with van der Waals surface area (Å²) >= 11 is 7.99. The van der Waals surface area contributed by atoms with E-state index in [0.717, 1.165) is 11.3 Å². The molecule has 2 aliphatic rings. The van der Waals surface area contributed by atoms with Gasteiger partial charge in [0.1, 0.15) is 24.9 Å². The lowest BCUT2D eigenvalue weighted by molar-refractivity contribution is -0.147. The molecule has 1 aliphatic carbocycles. The molecule has 0 N–H and O–H groups in total. The Morgan fingerprint density at radius 1 is 1.06 bits per heavy atom. The second-order valence-corrected chi connectivity index (χ2v) is 10.4. The summed E-state index contributed by atoms with van der Waals surface area (Å²) in [6.45, 7) is 2.17. The zero-order valence-electron chi connectivity index (χ0n) is 19.9. The monoisotopic (exact) mass is 519 g/mol. The van der Waals surface area contributed by atoms with Gasteiger partial charge in [0.2, 0.25) is 0 Å². The van der Waals surface area contributed by atoms with Gasteiger partial charge in [-0.1, -0.05) is 48.0 Å². The Hall–Kier alpha value is -3.22. The normalized spacial score (nSPS) is 21.6. The standard InChI is InChI=1S/C29H26ClNO4S/c1-18-26(29(33)35-13-12-34-22-9-3-2-4-10-22)27(19-7-5-8-21(30)15-19)28-23(31-18)16-20(17-24(28)32)25-11-6-14-36-25/h2-11,14-15,20,26-27H,12-13,16-17H2,1H3. The van der Waals surface area contributed by atoms with Crippen molar-refractivity contribution in [1.29, 1.82) is 0 Å². The maximum atomic E-state index is 13.6. The van der Waals surface area contributed by atoms with E-state index in [2.05, 4.69) is 6.07 Å². The van der Waals surface area contributed by atoms with Crippen molar-refractivity contribution in [3.05, 3.63) is 98.8 Å². The number of rotatable bonds is 7. The summed E-state index contributed by atoms with van der Waals surface area (Å²) in [5.74, 6) is -0.773. The second-order valence-electron chi connectivity index (χ2n) is 9.00. The van der Waals surface area contributed by atoms with Crippen LogP contribution >= 0.6 is 22.9 Å². The summed E-state index contributed by atoms with van der Waals surface area (Å²) in [5.41, 5.74) is 2.84. The van der Waals surface area contributed by atoms with Crippen LogP contribution in [0.5, 0.6) is 5.75 Å². The Morgan fingerprint density at radius 3 is 2.64 bits per heavy atom. The number of esters is 1. The van der Waals surface area contributed by atoms with Gasteiger partial charge < -0.3 is 9.47 Å². The largest absolute Gasteiger partial charge is 0.490 e. The molecule has 1 aromatic heterocycles. The number of aliphatic imine (C=N–C) groups is 1. The van der Waals surface area contributed by atoms with Crippen LogP contribution in [0.4, 0.5) is 0 Å². The van der Waals surface area contributed by atoms with Crippen LogP contribution in [0.1, 0.15) is 42.0 Å². The third-order valence-corrected chi connectivity index (χ3v) is 7.91. The molecule has 0 spiro atoms. The van der Waals surface area contributed by atoms with Crippen molar-refractivity contribution in [3.8, 4) is 5.75 Å². The molecule has 0 amide bonds. The fourth-order valence-electron chi connectivity index (χ4n) is 5.06. The first-order chi connectivity index (χ1) is 17.5. The van der Waals surface area contributed by atoms with E-state index in [9.17, 15) is 9.59 Å². The van der Waals surface area contributed by atoms with Gasteiger partial charge in [0, 0.05) is 45.1 Å². The molecule has 5 rings (SSSR count). The van der Waals surface area contributed by atoms with Gasteiger partial charge in [-0.15, -0.1) is 11.3 Å². The molecule has 1 aliphatic heterocycles. The molecule has 184 valence electrons. The Balaban J connectivity index is 1.41. The molecule has 2 aromatic carbocycles. The number of hydrogen-bond donors (Lipinski definition) is 0. The molecular formula is C29H26ClNO4S. The van der Waals surface area contributed by atoms with Crippen molar-refractivity contribution < 1.29 is 19.1 Å². The van der Waals surface area contributed by atoms with Crippen LogP contribution in [-0.2, 0) is 14.3 Å². The summed E-state index contributed by atoms with van der Waals surface area (Å²) in [5, 5.41) is 2.58. The molecule has 3 atom stereocenters. The maximum absolute atomic E-state index is 13.6. The van der Waals surface area contributed by atoms with E-state index < -0.39 is 17.8 Å².